The Bertz CT molecular complexity index is 3380. The SMILES string of the molecule is c1ccc(N(c2ccc(-c3ccc(-c4ccc(-c5ccc(N(c6ccccc6)c6ccc7nn(-c8ccccc8)nc7c6)cc5)cc4)cc3)cc2)c2ccc3nn(-c4ccccc4)nc3c2)cc1. The van der Waals surface area contributed by atoms with Gasteiger partial charge in [-0.25, -0.2) is 0 Å². The Morgan fingerprint density at radius 2 is 0.471 bits per heavy atom. The zero-order valence-corrected chi connectivity index (χ0v) is 36.8. The highest BCUT2D eigenvalue weighted by atomic mass is 15.5. The summed E-state index contributed by atoms with van der Waals surface area (Å²) in [4.78, 5) is 7.91. The molecule has 0 saturated carbocycles. The van der Waals surface area contributed by atoms with Gasteiger partial charge in [0, 0.05) is 34.1 Å². The number of hydrogen-bond donors (Lipinski definition) is 0. The van der Waals surface area contributed by atoms with E-state index in [-0.39, 0.29) is 0 Å². The number of para-hydroxylation sites is 4. The maximum Gasteiger partial charge on any atom is 0.115 e. The summed E-state index contributed by atoms with van der Waals surface area (Å²) in [6, 6.07) is 88.6. The van der Waals surface area contributed by atoms with E-state index in [1.807, 2.05) is 84.9 Å². The third kappa shape index (κ3) is 7.92. The van der Waals surface area contributed by atoms with Crippen LogP contribution < -0.4 is 9.80 Å². The van der Waals surface area contributed by atoms with Gasteiger partial charge in [0.15, 0.2) is 0 Å². The van der Waals surface area contributed by atoms with Gasteiger partial charge in [-0.1, -0.05) is 146 Å². The van der Waals surface area contributed by atoms with Crippen molar-refractivity contribution in [3.8, 4) is 44.8 Å². The number of aromatic nitrogens is 6. The van der Waals surface area contributed by atoms with Gasteiger partial charge in [0.25, 0.3) is 0 Å². The van der Waals surface area contributed by atoms with Crippen molar-refractivity contribution in [2.45, 2.75) is 0 Å². The zero-order valence-electron chi connectivity index (χ0n) is 36.8. The summed E-state index contributed by atoms with van der Waals surface area (Å²) < 4.78 is 0. The molecule has 8 nitrogen and oxygen atoms in total. The Morgan fingerprint density at radius 3 is 0.794 bits per heavy atom. The van der Waals surface area contributed by atoms with Crippen molar-refractivity contribution < 1.29 is 0 Å². The van der Waals surface area contributed by atoms with Crippen LogP contribution in [0.5, 0.6) is 0 Å². The topological polar surface area (TPSA) is 67.9 Å². The molecule has 8 heteroatoms. The van der Waals surface area contributed by atoms with Crippen molar-refractivity contribution in [2.24, 2.45) is 0 Å². The van der Waals surface area contributed by atoms with Crippen molar-refractivity contribution in [2.75, 3.05) is 9.80 Å². The van der Waals surface area contributed by atoms with Crippen LogP contribution in [0, 0.1) is 0 Å². The Hall–Kier alpha value is -9.40. The van der Waals surface area contributed by atoms with Crippen LogP contribution in [-0.4, -0.2) is 30.0 Å². The number of anilines is 6. The molecule has 0 fully saturated rings. The molecule has 0 bridgehead atoms. The van der Waals surface area contributed by atoms with E-state index >= 15 is 0 Å². The minimum atomic E-state index is 0.830. The fourth-order valence-corrected chi connectivity index (χ4v) is 8.80. The fourth-order valence-electron chi connectivity index (χ4n) is 8.80. The van der Waals surface area contributed by atoms with Gasteiger partial charge in [-0.2, -0.15) is 9.59 Å². The summed E-state index contributed by atoms with van der Waals surface area (Å²) in [5.74, 6) is 0. The zero-order chi connectivity index (χ0) is 45.2. The van der Waals surface area contributed by atoms with Crippen LogP contribution in [0.25, 0.3) is 66.8 Å². The fraction of sp³-hybridized carbons (Fsp3) is 0. The van der Waals surface area contributed by atoms with Crippen molar-refractivity contribution in [3.05, 3.63) is 255 Å². The van der Waals surface area contributed by atoms with Gasteiger partial charge in [0.2, 0.25) is 0 Å². The highest BCUT2D eigenvalue weighted by molar-refractivity contribution is 5.87. The number of hydrogen-bond acceptors (Lipinski definition) is 6. The average molecular weight is 875 g/mol. The first-order chi connectivity index (χ1) is 33.7. The monoisotopic (exact) mass is 874 g/mol. The summed E-state index contributed by atoms with van der Waals surface area (Å²) >= 11 is 0. The van der Waals surface area contributed by atoms with E-state index in [1.165, 1.54) is 11.1 Å². The first kappa shape index (κ1) is 40.1. The van der Waals surface area contributed by atoms with E-state index in [2.05, 4.69) is 180 Å². The van der Waals surface area contributed by atoms with Crippen LogP contribution in [0.4, 0.5) is 34.1 Å². The molecule has 322 valence electrons. The summed E-state index contributed by atoms with van der Waals surface area (Å²) in [6.45, 7) is 0. The van der Waals surface area contributed by atoms with E-state index in [0.717, 1.165) is 89.8 Å². The molecule has 10 aromatic carbocycles. The van der Waals surface area contributed by atoms with E-state index in [1.54, 1.807) is 9.59 Å². The standard InChI is InChI=1S/C60H42N8/c1-5-13-49(14-6-1)65(55-37-39-57-59(41-55)63-67(61-57)53-17-9-3-10-18-53)51-33-29-47(30-34-51)45-25-21-43(22-26-45)44-23-27-46(28-24-44)48-31-35-52(36-32-48)66(50-15-7-2-8-16-50)56-38-40-58-60(42-56)64-68(62-58)54-19-11-4-12-20-54/h1-42H. The molecular formula is C60H42N8. The summed E-state index contributed by atoms with van der Waals surface area (Å²) in [5, 5.41) is 19.1. The molecule has 0 spiro atoms. The summed E-state index contributed by atoms with van der Waals surface area (Å²) in [5.41, 5.74) is 18.4. The Morgan fingerprint density at radius 1 is 0.221 bits per heavy atom. The number of rotatable bonds is 11. The second kappa shape index (κ2) is 17.5. The van der Waals surface area contributed by atoms with Gasteiger partial charge < -0.3 is 9.80 Å². The van der Waals surface area contributed by atoms with Gasteiger partial charge in [-0.05, 0) is 143 Å². The molecule has 0 aliphatic heterocycles. The molecule has 12 aromatic rings. The van der Waals surface area contributed by atoms with E-state index in [4.69, 9.17) is 20.4 Å². The van der Waals surface area contributed by atoms with Crippen LogP contribution in [0.15, 0.2) is 255 Å². The molecule has 0 radical (unpaired) electrons. The molecule has 2 aromatic heterocycles. The first-order valence-corrected chi connectivity index (χ1v) is 22.6. The van der Waals surface area contributed by atoms with Crippen molar-refractivity contribution in [3.63, 3.8) is 0 Å². The van der Waals surface area contributed by atoms with Crippen LogP contribution in [0.2, 0.25) is 0 Å². The summed E-state index contributed by atoms with van der Waals surface area (Å²) in [7, 11) is 0. The minimum Gasteiger partial charge on any atom is -0.310 e. The molecule has 0 amide bonds. The van der Waals surface area contributed by atoms with E-state index in [9.17, 15) is 0 Å². The van der Waals surface area contributed by atoms with Gasteiger partial charge >= 0.3 is 0 Å². The van der Waals surface area contributed by atoms with Crippen molar-refractivity contribution in [1.82, 2.24) is 30.0 Å². The Labute approximate surface area is 393 Å². The van der Waals surface area contributed by atoms with Crippen molar-refractivity contribution >= 4 is 56.2 Å². The smallest absolute Gasteiger partial charge is 0.115 e. The average Bonchev–Trinajstić information content (AvgIpc) is 4.05. The highest BCUT2D eigenvalue weighted by Gasteiger charge is 2.17. The van der Waals surface area contributed by atoms with E-state index in [0.29, 0.717) is 0 Å². The van der Waals surface area contributed by atoms with Crippen LogP contribution >= 0.6 is 0 Å². The predicted molar refractivity (Wildman–Crippen MR) is 277 cm³/mol. The number of nitrogens with zero attached hydrogens (tertiary/aromatic N) is 8. The molecule has 12 rings (SSSR count). The Balaban J connectivity index is 0.763. The second-order valence-electron chi connectivity index (χ2n) is 16.6. The molecule has 0 atom stereocenters. The minimum absolute atomic E-state index is 0.830. The third-order valence-corrected chi connectivity index (χ3v) is 12.3. The molecule has 68 heavy (non-hydrogen) atoms. The third-order valence-electron chi connectivity index (χ3n) is 12.3. The lowest BCUT2D eigenvalue weighted by atomic mass is 9.98. The number of benzene rings is 10. The maximum absolute atomic E-state index is 4.83. The lowest BCUT2D eigenvalue weighted by Crippen LogP contribution is -2.09. The van der Waals surface area contributed by atoms with Crippen LogP contribution in [0.1, 0.15) is 0 Å². The second-order valence-corrected chi connectivity index (χ2v) is 16.6. The highest BCUT2D eigenvalue weighted by Crippen LogP contribution is 2.39. The molecule has 0 unspecified atom stereocenters. The predicted octanol–water partition coefficient (Wildman–Crippen LogP) is 15.1. The molecule has 0 aliphatic rings. The largest absolute Gasteiger partial charge is 0.310 e. The van der Waals surface area contributed by atoms with Gasteiger partial charge in [0.05, 0.1) is 11.4 Å². The van der Waals surface area contributed by atoms with Crippen molar-refractivity contribution in [1.29, 1.82) is 0 Å². The quantitative estimate of drug-likeness (QED) is 0.129. The van der Waals surface area contributed by atoms with E-state index < -0.39 is 0 Å². The maximum atomic E-state index is 4.83. The van der Waals surface area contributed by atoms with Gasteiger partial charge in [0.1, 0.15) is 22.1 Å². The molecular weight excluding hydrogens is 833 g/mol. The normalized spacial score (nSPS) is 11.2. The lowest BCUT2D eigenvalue weighted by Gasteiger charge is -2.25. The number of fused-ring (bicyclic) bond motifs is 2. The summed E-state index contributed by atoms with van der Waals surface area (Å²) in [6.07, 6.45) is 0. The molecule has 0 aliphatic carbocycles. The molecule has 0 saturated heterocycles. The van der Waals surface area contributed by atoms with Crippen LogP contribution in [0.3, 0.4) is 0 Å². The van der Waals surface area contributed by atoms with Gasteiger partial charge in [-0.15, -0.1) is 20.4 Å². The molecule has 2 heterocycles. The lowest BCUT2D eigenvalue weighted by molar-refractivity contribution is 0.765. The van der Waals surface area contributed by atoms with Crippen LogP contribution in [-0.2, 0) is 0 Å². The van der Waals surface area contributed by atoms with Gasteiger partial charge in [-0.3, -0.25) is 0 Å². The molecule has 0 N–H and O–H groups in total. The first-order valence-electron chi connectivity index (χ1n) is 22.6. The Kier molecular flexibility index (Phi) is 10.3.